The van der Waals surface area contributed by atoms with Crippen LogP contribution in [0, 0.1) is 19.9 Å². The van der Waals surface area contributed by atoms with E-state index in [1.165, 1.54) is 11.1 Å². The first-order chi connectivity index (χ1) is 3.79. The van der Waals surface area contributed by atoms with E-state index < -0.39 is 0 Å². The molecule has 0 aliphatic rings. The average Bonchev–Trinajstić information content (AvgIpc) is 1.64. The van der Waals surface area contributed by atoms with Gasteiger partial charge in [0.2, 0.25) is 0 Å². The Morgan fingerprint density at radius 2 is 2.11 bits per heavy atom. The van der Waals surface area contributed by atoms with Crippen LogP contribution in [0.15, 0.2) is 18.2 Å². The molecule has 0 spiro atoms. The quantitative estimate of drug-likeness (QED) is 0.600. The summed E-state index contributed by atoms with van der Waals surface area (Å²) in [6.45, 7) is 4.13. The van der Waals surface area contributed by atoms with Crippen molar-refractivity contribution in [2.24, 2.45) is 0 Å². The minimum Gasteiger partial charge on any atom is -0.0587 e. The third-order valence-electron chi connectivity index (χ3n) is 1.10. The number of hydrogen-bond donors (Lipinski definition) is 0. The van der Waals surface area contributed by atoms with Gasteiger partial charge < -0.3 is 0 Å². The Hall–Kier alpha value is 0.0187. The zero-order chi connectivity index (χ0) is 5.98. The maximum atomic E-state index is 3.07. The van der Waals surface area contributed by atoms with Gasteiger partial charge in [0.1, 0.15) is 0 Å². The number of benzene rings is 1. The van der Waals surface area contributed by atoms with E-state index in [0.717, 1.165) is 0 Å². The first-order valence-electron chi connectivity index (χ1n) is 2.74. The summed E-state index contributed by atoms with van der Waals surface area (Å²) in [7, 11) is 0. The summed E-state index contributed by atoms with van der Waals surface area (Å²) in [6.07, 6.45) is 0. The normalized spacial score (nSPS) is 8.22. The summed E-state index contributed by atoms with van der Waals surface area (Å²) >= 11 is 0. The molecular weight excluding hydrogens is 215 g/mol. The van der Waals surface area contributed by atoms with Gasteiger partial charge in [-0.05, 0) is 25.5 Å². The van der Waals surface area contributed by atoms with Crippen LogP contribution in [-0.4, -0.2) is 23.9 Å². The van der Waals surface area contributed by atoms with E-state index in [4.69, 9.17) is 0 Å². The van der Waals surface area contributed by atoms with Crippen molar-refractivity contribution in [2.75, 3.05) is 0 Å². The standard InChI is InChI=1S/C8H9.Sn.3H2/c1-7-4-3-5-8(2)6-7;;;;/h3-4,6H,1-2H3;;3*1H. The van der Waals surface area contributed by atoms with E-state index in [9.17, 15) is 0 Å². The molecule has 0 aromatic heterocycles. The third kappa shape index (κ3) is 2.89. The fourth-order valence-electron chi connectivity index (χ4n) is 0.736. The van der Waals surface area contributed by atoms with Crippen LogP contribution >= 0.6 is 0 Å². The molecule has 0 atom stereocenters. The number of hydrogen-bond acceptors (Lipinski definition) is 0. The van der Waals surface area contributed by atoms with E-state index >= 15 is 0 Å². The fraction of sp³-hybridized carbons (Fsp3) is 0.250. The third-order valence-corrected chi connectivity index (χ3v) is 1.10. The molecule has 0 N–H and O–H groups in total. The van der Waals surface area contributed by atoms with Crippen LogP contribution in [0.5, 0.6) is 0 Å². The van der Waals surface area contributed by atoms with Gasteiger partial charge in [-0.2, -0.15) is 0 Å². The van der Waals surface area contributed by atoms with Gasteiger partial charge in [0, 0.05) is 28.2 Å². The summed E-state index contributed by atoms with van der Waals surface area (Å²) in [5.41, 5.74) is 2.52. The monoisotopic (exact) mass is 231 g/mol. The molecule has 0 aliphatic carbocycles. The molecule has 0 heterocycles. The molecule has 0 saturated heterocycles. The minimum absolute atomic E-state index is 0. The van der Waals surface area contributed by atoms with Crippen LogP contribution in [0.25, 0.3) is 0 Å². The first-order valence-corrected chi connectivity index (χ1v) is 2.74. The van der Waals surface area contributed by atoms with Crippen LogP contribution < -0.4 is 0 Å². The molecule has 1 aromatic carbocycles. The zero-order valence-electron chi connectivity index (χ0n) is 5.73. The second-order valence-electron chi connectivity index (χ2n) is 2.05. The van der Waals surface area contributed by atoms with Crippen molar-refractivity contribution in [3.05, 3.63) is 35.4 Å². The molecule has 0 fully saturated rings. The maximum Gasteiger partial charge on any atom is 0 e. The maximum absolute atomic E-state index is 3.07. The summed E-state index contributed by atoms with van der Waals surface area (Å²) < 4.78 is 0. The van der Waals surface area contributed by atoms with Crippen molar-refractivity contribution in [3.63, 3.8) is 0 Å². The Bertz CT molecular complexity index is 174. The molecule has 51 valence electrons. The molecular formula is C8H15Sn. The Morgan fingerprint density at radius 1 is 1.44 bits per heavy atom. The molecule has 0 saturated carbocycles. The molecule has 1 heteroatoms. The van der Waals surface area contributed by atoms with Crippen LogP contribution in [0.4, 0.5) is 0 Å². The van der Waals surface area contributed by atoms with Gasteiger partial charge in [-0.25, -0.2) is 0 Å². The van der Waals surface area contributed by atoms with Gasteiger partial charge in [-0.15, -0.1) is 0 Å². The van der Waals surface area contributed by atoms with E-state index in [-0.39, 0.29) is 28.2 Å². The van der Waals surface area contributed by atoms with E-state index in [1.807, 2.05) is 19.1 Å². The fourth-order valence-corrected chi connectivity index (χ4v) is 0.736. The number of rotatable bonds is 0. The van der Waals surface area contributed by atoms with Gasteiger partial charge in [0.05, 0.1) is 0 Å². The predicted molar refractivity (Wildman–Crippen MR) is 46.8 cm³/mol. The smallest absolute Gasteiger partial charge is 0 e. The van der Waals surface area contributed by atoms with Crippen LogP contribution in [0.2, 0.25) is 0 Å². The Labute approximate surface area is 77.7 Å². The Balaban J connectivity index is -0.0000000800. The summed E-state index contributed by atoms with van der Waals surface area (Å²) in [6, 6.07) is 9.18. The molecule has 1 aromatic rings. The van der Waals surface area contributed by atoms with E-state index in [2.05, 4.69) is 19.1 Å². The summed E-state index contributed by atoms with van der Waals surface area (Å²) in [5, 5.41) is 0. The second-order valence-corrected chi connectivity index (χ2v) is 2.05. The van der Waals surface area contributed by atoms with Crippen LogP contribution in [0.1, 0.15) is 15.4 Å². The van der Waals surface area contributed by atoms with Gasteiger partial charge in [0.15, 0.2) is 0 Å². The molecule has 0 nitrogen and oxygen atoms in total. The van der Waals surface area contributed by atoms with Gasteiger partial charge >= 0.3 is 0 Å². The largest absolute Gasteiger partial charge is 0.0587 e. The average molecular weight is 230 g/mol. The van der Waals surface area contributed by atoms with Gasteiger partial charge in [0.25, 0.3) is 0 Å². The van der Waals surface area contributed by atoms with Crippen molar-refractivity contribution in [1.82, 2.24) is 0 Å². The molecule has 0 unspecified atom stereocenters. The molecule has 5 radical (unpaired) electrons. The molecule has 1 rings (SSSR count). The Morgan fingerprint density at radius 3 is 2.44 bits per heavy atom. The van der Waals surface area contributed by atoms with E-state index in [1.54, 1.807) is 0 Å². The molecule has 0 bridgehead atoms. The van der Waals surface area contributed by atoms with Crippen molar-refractivity contribution >= 4 is 23.9 Å². The van der Waals surface area contributed by atoms with Crippen LogP contribution in [-0.2, 0) is 0 Å². The first kappa shape index (κ1) is 9.02. The molecule has 0 amide bonds. The predicted octanol–water partition coefficient (Wildman–Crippen LogP) is 2.46. The minimum atomic E-state index is 0. The van der Waals surface area contributed by atoms with Crippen molar-refractivity contribution in [1.29, 1.82) is 0 Å². The summed E-state index contributed by atoms with van der Waals surface area (Å²) in [5.74, 6) is 0. The summed E-state index contributed by atoms with van der Waals surface area (Å²) in [4.78, 5) is 0. The molecule has 9 heavy (non-hydrogen) atoms. The zero-order valence-corrected chi connectivity index (χ0v) is 8.59. The second kappa shape index (κ2) is 3.94. The SMILES string of the molecule is Cc1[c]ccc(C)c1.[HH].[HH].[HH].[Sn]. The van der Waals surface area contributed by atoms with Gasteiger partial charge in [-0.1, -0.05) is 23.8 Å². The van der Waals surface area contributed by atoms with Gasteiger partial charge in [-0.3, -0.25) is 0 Å². The van der Waals surface area contributed by atoms with E-state index in [0.29, 0.717) is 0 Å². The molecule has 0 aliphatic heterocycles. The van der Waals surface area contributed by atoms with Crippen molar-refractivity contribution < 1.29 is 4.28 Å². The topological polar surface area (TPSA) is 0 Å². The van der Waals surface area contributed by atoms with Crippen molar-refractivity contribution in [2.45, 2.75) is 13.8 Å². The van der Waals surface area contributed by atoms with Crippen molar-refractivity contribution in [3.8, 4) is 0 Å². The number of aryl methyl sites for hydroxylation is 2. The Kier molecular flexibility index (Phi) is 3.94. The van der Waals surface area contributed by atoms with Crippen LogP contribution in [0.3, 0.4) is 0 Å².